The molecule has 2 unspecified atom stereocenters. The first kappa shape index (κ1) is 16.3. The van der Waals surface area contributed by atoms with Crippen molar-refractivity contribution < 1.29 is 9.59 Å². The van der Waals surface area contributed by atoms with Crippen LogP contribution in [-0.4, -0.2) is 34.8 Å². The fourth-order valence-electron chi connectivity index (χ4n) is 3.80. The highest BCUT2D eigenvalue weighted by Gasteiger charge is 2.42. The lowest BCUT2D eigenvalue weighted by Gasteiger charge is -2.44. The average molecular weight is 294 g/mol. The molecule has 0 aromatic carbocycles. The van der Waals surface area contributed by atoms with Gasteiger partial charge in [-0.1, -0.05) is 52.4 Å². The van der Waals surface area contributed by atoms with Crippen LogP contribution in [0.15, 0.2) is 0 Å². The van der Waals surface area contributed by atoms with E-state index in [1.165, 1.54) is 32.1 Å². The number of piperazine rings is 1. The van der Waals surface area contributed by atoms with E-state index in [0.717, 1.165) is 25.7 Å². The minimum Gasteiger partial charge on any atom is -0.343 e. The first-order valence-corrected chi connectivity index (χ1v) is 8.81. The van der Waals surface area contributed by atoms with E-state index in [4.69, 9.17) is 0 Å². The van der Waals surface area contributed by atoms with Gasteiger partial charge in [-0.3, -0.25) is 9.59 Å². The molecule has 1 heterocycles. The van der Waals surface area contributed by atoms with E-state index >= 15 is 0 Å². The summed E-state index contributed by atoms with van der Waals surface area (Å²) in [6.45, 7) is 4.07. The van der Waals surface area contributed by atoms with Crippen molar-refractivity contribution in [2.75, 3.05) is 0 Å². The van der Waals surface area contributed by atoms with Crippen molar-refractivity contribution in [1.82, 2.24) is 10.2 Å². The van der Waals surface area contributed by atoms with Crippen molar-refractivity contribution in [3.8, 4) is 0 Å². The van der Waals surface area contributed by atoms with E-state index in [0.29, 0.717) is 6.42 Å². The molecule has 4 heteroatoms. The van der Waals surface area contributed by atoms with Gasteiger partial charge < -0.3 is 10.2 Å². The second-order valence-electron chi connectivity index (χ2n) is 6.52. The molecule has 0 spiro atoms. The molecule has 2 amide bonds. The van der Waals surface area contributed by atoms with Crippen LogP contribution in [-0.2, 0) is 9.59 Å². The number of carbonyl (C=O) groups excluding carboxylic acids is 2. The minimum absolute atomic E-state index is 0.0533. The second-order valence-corrected chi connectivity index (χ2v) is 6.52. The zero-order chi connectivity index (χ0) is 15.2. The van der Waals surface area contributed by atoms with E-state index in [1.54, 1.807) is 0 Å². The van der Waals surface area contributed by atoms with Gasteiger partial charge in [0.1, 0.15) is 12.1 Å². The molecule has 2 rings (SSSR count). The predicted molar refractivity (Wildman–Crippen MR) is 83.9 cm³/mol. The van der Waals surface area contributed by atoms with Crippen LogP contribution in [0.2, 0.25) is 0 Å². The van der Waals surface area contributed by atoms with Gasteiger partial charge in [0, 0.05) is 6.04 Å². The molecule has 1 aliphatic heterocycles. The standard InChI is InChI=1S/C17H30N2O2/c1-3-10-14-17(21)19(15(4-2)16(20)18-14)13-11-8-6-5-7-9-12-13/h13-15H,3-12H2,1-2H3,(H,18,20). The fraction of sp³-hybridized carbons (Fsp3) is 0.882. The lowest BCUT2D eigenvalue weighted by Crippen LogP contribution is -2.65. The number of nitrogens with zero attached hydrogens (tertiary/aromatic N) is 1. The van der Waals surface area contributed by atoms with Crippen LogP contribution >= 0.6 is 0 Å². The quantitative estimate of drug-likeness (QED) is 0.866. The Morgan fingerprint density at radius 2 is 1.67 bits per heavy atom. The van der Waals surface area contributed by atoms with Crippen molar-refractivity contribution in [1.29, 1.82) is 0 Å². The molecule has 4 nitrogen and oxygen atoms in total. The molecule has 0 aromatic rings. The maximum absolute atomic E-state index is 12.8. The molecule has 1 N–H and O–H groups in total. The number of hydrogen-bond acceptors (Lipinski definition) is 2. The van der Waals surface area contributed by atoms with Gasteiger partial charge in [-0.2, -0.15) is 0 Å². The normalized spacial score (nSPS) is 29.0. The Labute approximate surface area is 128 Å². The molecular weight excluding hydrogens is 264 g/mol. The summed E-state index contributed by atoms with van der Waals surface area (Å²) in [5.41, 5.74) is 0. The summed E-state index contributed by atoms with van der Waals surface area (Å²) >= 11 is 0. The Balaban J connectivity index is 2.16. The third-order valence-corrected chi connectivity index (χ3v) is 4.94. The van der Waals surface area contributed by atoms with E-state index in [-0.39, 0.29) is 29.9 Å². The summed E-state index contributed by atoms with van der Waals surface area (Å²) in [6.07, 6.45) is 10.7. The summed E-state index contributed by atoms with van der Waals surface area (Å²) in [7, 11) is 0. The smallest absolute Gasteiger partial charge is 0.246 e. The predicted octanol–water partition coefficient (Wildman–Crippen LogP) is 3.01. The SMILES string of the molecule is CCCC1NC(=O)C(CC)N(C2CCCCCCC2)C1=O. The van der Waals surface area contributed by atoms with Gasteiger partial charge in [-0.25, -0.2) is 0 Å². The van der Waals surface area contributed by atoms with Crippen LogP contribution in [0.5, 0.6) is 0 Å². The Morgan fingerprint density at radius 1 is 1.05 bits per heavy atom. The van der Waals surface area contributed by atoms with Gasteiger partial charge in [-0.05, 0) is 25.7 Å². The first-order chi connectivity index (χ1) is 10.2. The molecule has 0 radical (unpaired) electrons. The molecule has 2 aliphatic rings. The van der Waals surface area contributed by atoms with Crippen LogP contribution in [0.1, 0.15) is 78.1 Å². The van der Waals surface area contributed by atoms with Crippen molar-refractivity contribution in [2.45, 2.75) is 96.2 Å². The second kappa shape index (κ2) is 7.81. The number of hydrogen-bond donors (Lipinski definition) is 1. The summed E-state index contributed by atoms with van der Waals surface area (Å²) < 4.78 is 0. The molecule has 0 aromatic heterocycles. The largest absolute Gasteiger partial charge is 0.343 e. The zero-order valence-corrected chi connectivity index (χ0v) is 13.6. The summed E-state index contributed by atoms with van der Waals surface area (Å²) in [5, 5.41) is 2.93. The lowest BCUT2D eigenvalue weighted by molar-refractivity contribution is -0.153. The van der Waals surface area contributed by atoms with Gasteiger partial charge in [0.25, 0.3) is 0 Å². The lowest BCUT2D eigenvalue weighted by atomic mass is 9.91. The molecule has 21 heavy (non-hydrogen) atoms. The number of carbonyl (C=O) groups is 2. The minimum atomic E-state index is -0.296. The van der Waals surface area contributed by atoms with Crippen LogP contribution in [0.3, 0.4) is 0 Å². The molecule has 1 saturated carbocycles. The molecule has 2 fully saturated rings. The highest BCUT2D eigenvalue weighted by Crippen LogP contribution is 2.27. The van der Waals surface area contributed by atoms with Crippen LogP contribution in [0.4, 0.5) is 0 Å². The Hall–Kier alpha value is -1.06. The maximum atomic E-state index is 12.8. The van der Waals surface area contributed by atoms with E-state index in [9.17, 15) is 9.59 Å². The van der Waals surface area contributed by atoms with Crippen molar-refractivity contribution in [3.05, 3.63) is 0 Å². The maximum Gasteiger partial charge on any atom is 0.246 e. The van der Waals surface area contributed by atoms with Gasteiger partial charge in [0.2, 0.25) is 11.8 Å². The highest BCUT2D eigenvalue weighted by atomic mass is 16.2. The van der Waals surface area contributed by atoms with Crippen LogP contribution in [0, 0.1) is 0 Å². The van der Waals surface area contributed by atoms with E-state index in [1.807, 2.05) is 11.8 Å². The van der Waals surface area contributed by atoms with Crippen molar-refractivity contribution in [3.63, 3.8) is 0 Å². The van der Waals surface area contributed by atoms with E-state index in [2.05, 4.69) is 12.2 Å². The third kappa shape index (κ3) is 3.78. The summed E-state index contributed by atoms with van der Waals surface area (Å²) in [6, 6.07) is -0.279. The number of rotatable bonds is 4. The van der Waals surface area contributed by atoms with Crippen LogP contribution < -0.4 is 5.32 Å². The van der Waals surface area contributed by atoms with Gasteiger partial charge in [0.15, 0.2) is 0 Å². The van der Waals surface area contributed by atoms with Crippen molar-refractivity contribution in [2.24, 2.45) is 0 Å². The van der Waals surface area contributed by atoms with Gasteiger partial charge in [0.05, 0.1) is 0 Å². The first-order valence-electron chi connectivity index (χ1n) is 8.81. The zero-order valence-electron chi connectivity index (χ0n) is 13.6. The third-order valence-electron chi connectivity index (χ3n) is 4.94. The summed E-state index contributed by atoms with van der Waals surface area (Å²) in [4.78, 5) is 27.2. The van der Waals surface area contributed by atoms with Gasteiger partial charge >= 0.3 is 0 Å². The highest BCUT2D eigenvalue weighted by molar-refractivity contribution is 5.97. The number of nitrogens with one attached hydrogen (secondary N) is 1. The summed E-state index contributed by atoms with van der Waals surface area (Å²) in [5.74, 6) is 0.214. The van der Waals surface area contributed by atoms with Gasteiger partial charge in [-0.15, -0.1) is 0 Å². The number of amides is 2. The molecule has 0 bridgehead atoms. The molecule has 2 atom stereocenters. The fourth-order valence-corrected chi connectivity index (χ4v) is 3.80. The van der Waals surface area contributed by atoms with Crippen molar-refractivity contribution >= 4 is 11.8 Å². The molecular formula is C17H30N2O2. The van der Waals surface area contributed by atoms with Crippen LogP contribution in [0.25, 0.3) is 0 Å². The molecule has 1 aliphatic carbocycles. The molecule has 120 valence electrons. The molecule has 1 saturated heterocycles. The monoisotopic (exact) mass is 294 g/mol. The average Bonchev–Trinajstić information content (AvgIpc) is 2.43. The topological polar surface area (TPSA) is 49.4 Å². The van der Waals surface area contributed by atoms with E-state index < -0.39 is 0 Å². The Bertz CT molecular complexity index is 362. The Morgan fingerprint density at radius 3 is 2.24 bits per heavy atom. The Kier molecular flexibility index (Phi) is 6.07.